The fraction of sp³-hybridized carbons (Fsp3) is 0.556. The molecule has 0 amide bonds. The minimum absolute atomic E-state index is 0.440. The fourth-order valence-corrected chi connectivity index (χ4v) is 2.14. The van der Waals surface area contributed by atoms with Crippen LogP contribution in [-0.4, -0.2) is 10.8 Å². The summed E-state index contributed by atoms with van der Waals surface area (Å²) in [4.78, 5) is 15.9. The second-order valence-corrected chi connectivity index (χ2v) is 5.25. The Hall–Kier alpha value is -1.44. The van der Waals surface area contributed by atoms with Crippen molar-refractivity contribution < 1.29 is 4.79 Å². The van der Waals surface area contributed by atoms with E-state index >= 15 is 0 Å². The summed E-state index contributed by atoms with van der Waals surface area (Å²) >= 11 is 0. The van der Waals surface area contributed by atoms with Gasteiger partial charge in [-0.15, -0.1) is 0 Å². The molecule has 0 spiro atoms. The summed E-state index contributed by atoms with van der Waals surface area (Å²) in [6, 6.07) is 5.91. The zero-order valence-electron chi connectivity index (χ0n) is 12.7. The number of carbonyl (C=O) groups excluding carboxylic acids is 1. The van der Waals surface area contributed by atoms with E-state index in [9.17, 15) is 4.79 Å². The summed E-state index contributed by atoms with van der Waals surface area (Å²) in [7, 11) is 0. The number of pyridine rings is 1. The van der Waals surface area contributed by atoms with Gasteiger partial charge in [-0.1, -0.05) is 38.3 Å². The number of carbonyl (C=O) groups is 1. The Balaban J connectivity index is 1.99. The van der Waals surface area contributed by atoms with Gasteiger partial charge >= 0.3 is 0 Å². The van der Waals surface area contributed by atoms with Crippen LogP contribution in [0.5, 0.6) is 0 Å². The normalized spacial score (nSPS) is 11.1. The molecule has 1 aromatic rings. The van der Waals surface area contributed by atoms with Crippen LogP contribution in [0.3, 0.4) is 0 Å². The van der Waals surface area contributed by atoms with Crippen molar-refractivity contribution in [2.45, 2.75) is 64.7 Å². The summed E-state index contributed by atoms with van der Waals surface area (Å²) in [6.45, 7) is 2.19. The van der Waals surface area contributed by atoms with Gasteiger partial charge in [0.2, 0.25) is 0 Å². The molecular formula is C18H27NO. The predicted molar refractivity (Wildman–Crippen MR) is 85.5 cm³/mol. The SMILES string of the molecule is CCCCCCC(=O)CCCCC=Cc1ccccn1. The first-order chi connectivity index (χ1) is 9.83. The number of hydrogen-bond donors (Lipinski definition) is 0. The molecule has 110 valence electrons. The van der Waals surface area contributed by atoms with E-state index in [1.54, 1.807) is 6.20 Å². The molecule has 0 aliphatic carbocycles. The number of allylic oxidation sites excluding steroid dienone is 1. The molecule has 0 aromatic carbocycles. The highest BCUT2D eigenvalue weighted by Crippen LogP contribution is 2.08. The molecule has 0 bridgehead atoms. The highest BCUT2D eigenvalue weighted by atomic mass is 16.1. The van der Waals surface area contributed by atoms with E-state index in [0.29, 0.717) is 5.78 Å². The van der Waals surface area contributed by atoms with E-state index in [-0.39, 0.29) is 0 Å². The van der Waals surface area contributed by atoms with E-state index in [4.69, 9.17) is 0 Å². The van der Waals surface area contributed by atoms with Crippen molar-refractivity contribution >= 4 is 11.9 Å². The first-order valence-electron chi connectivity index (χ1n) is 7.92. The summed E-state index contributed by atoms with van der Waals surface area (Å²) in [6.07, 6.45) is 15.4. The van der Waals surface area contributed by atoms with Gasteiger partial charge in [-0.2, -0.15) is 0 Å². The van der Waals surface area contributed by atoms with Gasteiger partial charge in [0.05, 0.1) is 5.69 Å². The van der Waals surface area contributed by atoms with Gasteiger partial charge in [0.25, 0.3) is 0 Å². The van der Waals surface area contributed by atoms with Crippen molar-refractivity contribution in [1.82, 2.24) is 4.98 Å². The first-order valence-corrected chi connectivity index (χ1v) is 7.92. The summed E-state index contributed by atoms with van der Waals surface area (Å²) in [5.41, 5.74) is 1.000. The van der Waals surface area contributed by atoms with Crippen molar-refractivity contribution in [2.24, 2.45) is 0 Å². The smallest absolute Gasteiger partial charge is 0.132 e. The quantitative estimate of drug-likeness (QED) is 0.519. The first kappa shape index (κ1) is 16.6. The Morgan fingerprint density at radius 2 is 1.90 bits per heavy atom. The molecule has 1 aromatic heterocycles. The van der Waals surface area contributed by atoms with Crippen LogP contribution in [0.4, 0.5) is 0 Å². The summed E-state index contributed by atoms with van der Waals surface area (Å²) in [5.74, 6) is 0.440. The molecule has 1 heterocycles. The molecule has 0 aliphatic heterocycles. The third kappa shape index (κ3) is 8.63. The number of unbranched alkanes of at least 4 members (excludes halogenated alkanes) is 5. The van der Waals surface area contributed by atoms with E-state index in [1.807, 2.05) is 24.3 Å². The minimum Gasteiger partial charge on any atom is -0.300 e. The minimum atomic E-state index is 0.440. The van der Waals surface area contributed by atoms with E-state index in [0.717, 1.165) is 44.2 Å². The topological polar surface area (TPSA) is 30.0 Å². The van der Waals surface area contributed by atoms with Crippen LogP contribution in [0.2, 0.25) is 0 Å². The molecule has 2 nitrogen and oxygen atoms in total. The largest absolute Gasteiger partial charge is 0.300 e. The molecule has 1 rings (SSSR count). The van der Waals surface area contributed by atoms with Gasteiger partial charge in [-0.05, 0) is 43.9 Å². The fourth-order valence-electron chi connectivity index (χ4n) is 2.14. The Labute approximate surface area is 123 Å². The van der Waals surface area contributed by atoms with Crippen molar-refractivity contribution in [3.63, 3.8) is 0 Å². The number of aromatic nitrogens is 1. The maximum absolute atomic E-state index is 11.6. The van der Waals surface area contributed by atoms with Crippen LogP contribution in [-0.2, 0) is 4.79 Å². The maximum Gasteiger partial charge on any atom is 0.132 e. The van der Waals surface area contributed by atoms with E-state index in [1.165, 1.54) is 19.3 Å². The monoisotopic (exact) mass is 273 g/mol. The van der Waals surface area contributed by atoms with E-state index in [2.05, 4.69) is 18.0 Å². The standard InChI is InChI=1S/C18H27NO/c1-2-3-4-8-14-18(20)15-9-6-5-7-12-17-13-10-11-16-19-17/h7,10-13,16H,2-6,8-9,14-15H2,1H3. The zero-order valence-corrected chi connectivity index (χ0v) is 12.7. The number of Topliss-reactive ketones (excluding diaryl/α,β-unsaturated/α-hetero) is 1. The predicted octanol–water partition coefficient (Wildman–Crippen LogP) is 5.19. The van der Waals surface area contributed by atoms with Crippen molar-refractivity contribution in [1.29, 1.82) is 0 Å². The Morgan fingerprint density at radius 1 is 1.10 bits per heavy atom. The highest BCUT2D eigenvalue weighted by Gasteiger charge is 2.00. The van der Waals surface area contributed by atoms with E-state index < -0.39 is 0 Å². The molecule has 0 N–H and O–H groups in total. The number of ketones is 1. The summed E-state index contributed by atoms with van der Waals surface area (Å²) in [5, 5.41) is 0. The number of nitrogens with zero attached hydrogens (tertiary/aromatic N) is 1. The molecular weight excluding hydrogens is 246 g/mol. The van der Waals surface area contributed by atoms with Crippen LogP contribution < -0.4 is 0 Å². The molecule has 0 saturated heterocycles. The maximum atomic E-state index is 11.6. The van der Waals surface area contributed by atoms with Crippen LogP contribution in [0.15, 0.2) is 30.5 Å². The van der Waals surface area contributed by atoms with Crippen molar-refractivity contribution in [3.05, 3.63) is 36.2 Å². The molecule has 20 heavy (non-hydrogen) atoms. The van der Waals surface area contributed by atoms with Gasteiger partial charge in [0.1, 0.15) is 5.78 Å². The molecule has 0 fully saturated rings. The average molecular weight is 273 g/mol. The van der Waals surface area contributed by atoms with Crippen LogP contribution in [0, 0.1) is 0 Å². The number of rotatable bonds is 11. The van der Waals surface area contributed by atoms with Gasteiger partial charge in [0.15, 0.2) is 0 Å². The highest BCUT2D eigenvalue weighted by molar-refractivity contribution is 5.78. The lowest BCUT2D eigenvalue weighted by molar-refractivity contribution is -0.119. The van der Waals surface area contributed by atoms with Gasteiger partial charge in [-0.3, -0.25) is 9.78 Å². The van der Waals surface area contributed by atoms with Gasteiger partial charge < -0.3 is 0 Å². The Kier molecular flexibility index (Phi) is 9.46. The van der Waals surface area contributed by atoms with Gasteiger partial charge in [-0.25, -0.2) is 0 Å². The second-order valence-electron chi connectivity index (χ2n) is 5.25. The summed E-state index contributed by atoms with van der Waals surface area (Å²) < 4.78 is 0. The third-order valence-corrected chi connectivity index (χ3v) is 3.36. The molecule has 0 aliphatic rings. The zero-order chi connectivity index (χ0) is 14.5. The van der Waals surface area contributed by atoms with Crippen LogP contribution in [0.25, 0.3) is 6.08 Å². The lowest BCUT2D eigenvalue weighted by Crippen LogP contribution is -1.97. The van der Waals surface area contributed by atoms with Gasteiger partial charge in [0, 0.05) is 19.0 Å². The Bertz CT molecular complexity index is 384. The molecule has 0 saturated carbocycles. The lowest BCUT2D eigenvalue weighted by atomic mass is 10.1. The average Bonchev–Trinajstić information content (AvgIpc) is 2.48. The van der Waals surface area contributed by atoms with Crippen molar-refractivity contribution in [3.8, 4) is 0 Å². The lowest BCUT2D eigenvalue weighted by Gasteiger charge is -2.00. The number of hydrogen-bond acceptors (Lipinski definition) is 2. The second kappa shape index (κ2) is 11.4. The third-order valence-electron chi connectivity index (χ3n) is 3.36. The van der Waals surface area contributed by atoms with Crippen LogP contribution >= 0.6 is 0 Å². The Morgan fingerprint density at radius 3 is 2.60 bits per heavy atom. The molecule has 0 unspecified atom stereocenters. The molecule has 0 radical (unpaired) electrons. The molecule has 0 atom stereocenters. The van der Waals surface area contributed by atoms with Crippen LogP contribution in [0.1, 0.15) is 70.4 Å². The molecule has 2 heteroatoms. The van der Waals surface area contributed by atoms with Crippen molar-refractivity contribution in [2.75, 3.05) is 0 Å².